The van der Waals surface area contributed by atoms with Crippen molar-refractivity contribution in [2.24, 2.45) is 0 Å². The van der Waals surface area contributed by atoms with Crippen molar-refractivity contribution < 1.29 is 4.79 Å². The summed E-state index contributed by atoms with van der Waals surface area (Å²) >= 11 is 3.39. The molecule has 0 unspecified atom stereocenters. The third-order valence-electron chi connectivity index (χ3n) is 2.22. The van der Waals surface area contributed by atoms with Gasteiger partial charge in [-0.1, -0.05) is 29.3 Å². The minimum absolute atomic E-state index is 0.308. The Morgan fingerprint density at radius 1 is 1.36 bits per heavy atom. The molecule has 14 heavy (non-hydrogen) atoms. The van der Waals surface area contributed by atoms with Crippen LogP contribution in [0.15, 0.2) is 0 Å². The Kier molecular flexibility index (Phi) is 8.24. The maximum Gasteiger partial charge on any atom is 0.222 e. The van der Waals surface area contributed by atoms with Crippen LogP contribution in [0.3, 0.4) is 0 Å². The van der Waals surface area contributed by atoms with Crippen molar-refractivity contribution in [3.8, 4) is 0 Å². The number of rotatable bonds is 7. The maximum atomic E-state index is 11.8. The fraction of sp³-hybridized carbons (Fsp3) is 0.909. The highest BCUT2D eigenvalue weighted by atomic mass is 79.9. The molecule has 1 amide bonds. The minimum atomic E-state index is 0.308. The van der Waals surface area contributed by atoms with Gasteiger partial charge in [0.25, 0.3) is 0 Å². The quantitative estimate of drug-likeness (QED) is 0.647. The van der Waals surface area contributed by atoms with Crippen molar-refractivity contribution in [3.63, 3.8) is 0 Å². The molecule has 84 valence electrons. The number of amides is 1. The van der Waals surface area contributed by atoms with Crippen molar-refractivity contribution in [1.82, 2.24) is 4.90 Å². The third kappa shape index (κ3) is 5.63. The first-order valence-corrected chi connectivity index (χ1v) is 6.61. The van der Waals surface area contributed by atoms with Gasteiger partial charge in [0.05, 0.1) is 0 Å². The van der Waals surface area contributed by atoms with E-state index in [2.05, 4.69) is 36.7 Å². The van der Waals surface area contributed by atoms with Crippen LogP contribution in [0.25, 0.3) is 0 Å². The summed E-state index contributed by atoms with van der Waals surface area (Å²) in [5.74, 6) is 0.308. The molecule has 0 radical (unpaired) electrons. The fourth-order valence-electron chi connectivity index (χ4n) is 1.37. The van der Waals surface area contributed by atoms with E-state index in [9.17, 15) is 4.79 Å². The summed E-state index contributed by atoms with van der Waals surface area (Å²) in [4.78, 5) is 13.7. The lowest BCUT2D eigenvalue weighted by atomic mass is 10.2. The normalized spacial score (nSPS) is 10.6. The lowest BCUT2D eigenvalue weighted by Gasteiger charge is -2.26. The van der Waals surface area contributed by atoms with Crippen LogP contribution in [0.5, 0.6) is 0 Å². The molecule has 0 aliphatic rings. The van der Waals surface area contributed by atoms with Crippen LogP contribution in [-0.4, -0.2) is 28.7 Å². The Bertz CT molecular complexity index is 159. The van der Waals surface area contributed by atoms with Crippen molar-refractivity contribution in [2.45, 2.75) is 52.5 Å². The second-order valence-corrected chi connectivity index (χ2v) is 4.62. The topological polar surface area (TPSA) is 20.3 Å². The van der Waals surface area contributed by atoms with Crippen LogP contribution in [-0.2, 0) is 4.79 Å². The van der Waals surface area contributed by atoms with Crippen molar-refractivity contribution in [3.05, 3.63) is 0 Å². The molecule has 0 saturated carbocycles. The predicted octanol–water partition coefficient (Wildman–Crippen LogP) is 3.20. The van der Waals surface area contributed by atoms with Gasteiger partial charge in [0, 0.05) is 24.3 Å². The summed E-state index contributed by atoms with van der Waals surface area (Å²) in [6.45, 7) is 7.16. The molecule has 0 aliphatic heterocycles. The molecule has 0 spiro atoms. The number of alkyl halides is 1. The number of halogens is 1. The number of carbonyl (C=O) groups excluding carboxylic acids is 1. The van der Waals surface area contributed by atoms with Crippen LogP contribution < -0.4 is 0 Å². The Balaban J connectivity index is 3.98. The Morgan fingerprint density at radius 3 is 2.43 bits per heavy atom. The van der Waals surface area contributed by atoms with Gasteiger partial charge in [-0.15, -0.1) is 0 Å². The van der Waals surface area contributed by atoms with Crippen LogP contribution in [0.1, 0.15) is 46.5 Å². The van der Waals surface area contributed by atoms with Gasteiger partial charge < -0.3 is 4.90 Å². The van der Waals surface area contributed by atoms with E-state index in [-0.39, 0.29) is 0 Å². The van der Waals surface area contributed by atoms with Gasteiger partial charge >= 0.3 is 0 Å². The largest absolute Gasteiger partial charge is 0.340 e. The van der Waals surface area contributed by atoms with E-state index >= 15 is 0 Å². The lowest BCUT2D eigenvalue weighted by molar-refractivity contribution is -0.133. The number of hydrogen-bond acceptors (Lipinski definition) is 1. The number of hydrogen-bond donors (Lipinski definition) is 0. The highest BCUT2D eigenvalue weighted by Crippen LogP contribution is 2.06. The molecule has 0 bridgehead atoms. The van der Waals surface area contributed by atoms with Gasteiger partial charge in [-0.3, -0.25) is 4.79 Å². The molecule has 3 heteroatoms. The Hall–Kier alpha value is -0.0500. The van der Waals surface area contributed by atoms with Gasteiger partial charge in [0.2, 0.25) is 5.91 Å². The molecule has 0 rings (SSSR count). The number of unbranched alkanes of at least 4 members (excludes halogenated alkanes) is 1. The molecule has 0 aromatic rings. The van der Waals surface area contributed by atoms with Crippen LogP contribution in [0.2, 0.25) is 0 Å². The van der Waals surface area contributed by atoms with Crippen LogP contribution >= 0.6 is 15.9 Å². The molecule has 0 heterocycles. The Labute approximate surface area is 96.2 Å². The van der Waals surface area contributed by atoms with E-state index < -0.39 is 0 Å². The average molecular weight is 264 g/mol. The summed E-state index contributed by atoms with van der Waals surface area (Å²) in [5.41, 5.74) is 0. The zero-order chi connectivity index (χ0) is 11.0. The smallest absolute Gasteiger partial charge is 0.222 e. The SMILES string of the molecule is CCCCC(=O)N(CCCBr)C(C)C. The van der Waals surface area contributed by atoms with E-state index in [1.165, 1.54) is 0 Å². The van der Waals surface area contributed by atoms with Crippen LogP contribution in [0.4, 0.5) is 0 Å². The second kappa shape index (κ2) is 8.27. The molecule has 0 saturated heterocycles. The highest BCUT2D eigenvalue weighted by molar-refractivity contribution is 9.09. The van der Waals surface area contributed by atoms with Gasteiger partial charge in [-0.05, 0) is 26.7 Å². The van der Waals surface area contributed by atoms with E-state index in [1.54, 1.807) is 0 Å². The average Bonchev–Trinajstić information content (AvgIpc) is 2.14. The summed E-state index contributed by atoms with van der Waals surface area (Å²) in [5, 5.41) is 0.970. The highest BCUT2D eigenvalue weighted by Gasteiger charge is 2.14. The predicted molar refractivity (Wildman–Crippen MR) is 64.8 cm³/mol. The first-order chi connectivity index (χ1) is 6.63. The number of nitrogens with zero attached hydrogens (tertiary/aromatic N) is 1. The molecular weight excluding hydrogens is 242 g/mol. The molecule has 0 atom stereocenters. The van der Waals surface area contributed by atoms with Crippen molar-refractivity contribution >= 4 is 21.8 Å². The fourth-order valence-corrected chi connectivity index (χ4v) is 1.62. The summed E-state index contributed by atoms with van der Waals surface area (Å²) in [6, 6.07) is 0.332. The summed E-state index contributed by atoms with van der Waals surface area (Å²) in [7, 11) is 0. The van der Waals surface area contributed by atoms with Crippen molar-refractivity contribution in [1.29, 1.82) is 0 Å². The van der Waals surface area contributed by atoms with E-state index in [0.717, 1.165) is 31.1 Å². The standard InChI is InChI=1S/C11H22BrNO/c1-4-5-7-11(14)13(10(2)3)9-6-8-12/h10H,4-9H2,1-3H3. The summed E-state index contributed by atoms with van der Waals surface area (Å²) in [6.07, 6.45) is 3.85. The zero-order valence-electron chi connectivity index (χ0n) is 9.55. The van der Waals surface area contributed by atoms with E-state index in [0.29, 0.717) is 18.4 Å². The first-order valence-electron chi connectivity index (χ1n) is 5.48. The molecule has 0 aromatic heterocycles. The Morgan fingerprint density at radius 2 is 2.00 bits per heavy atom. The zero-order valence-corrected chi connectivity index (χ0v) is 11.1. The first kappa shape index (κ1) is 13.9. The third-order valence-corrected chi connectivity index (χ3v) is 2.78. The monoisotopic (exact) mass is 263 g/mol. The van der Waals surface area contributed by atoms with Gasteiger partial charge in [-0.2, -0.15) is 0 Å². The maximum absolute atomic E-state index is 11.8. The minimum Gasteiger partial charge on any atom is -0.340 e. The van der Waals surface area contributed by atoms with Gasteiger partial charge in [-0.25, -0.2) is 0 Å². The second-order valence-electron chi connectivity index (χ2n) is 3.83. The molecular formula is C11H22BrNO. The molecule has 0 aliphatic carbocycles. The van der Waals surface area contributed by atoms with E-state index in [4.69, 9.17) is 0 Å². The molecule has 0 aromatic carbocycles. The molecule has 0 N–H and O–H groups in total. The van der Waals surface area contributed by atoms with Gasteiger partial charge in [0.1, 0.15) is 0 Å². The number of carbonyl (C=O) groups is 1. The molecule has 0 fully saturated rings. The molecule has 2 nitrogen and oxygen atoms in total. The van der Waals surface area contributed by atoms with Crippen LogP contribution in [0, 0.1) is 0 Å². The van der Waals surface area contributed by atoms with Gasteiger partial charge in [0.15, 0.2) is 0 Å². The lowest BCUT2D eigenvalue weighted by Crippen LogP contribution is -2.37. The summed E-state index contributed by atoms with van der Waals surface area (Å²) < 4.78 is 0. The van der Waals surface area contributed by atoms with E-state index in [1.807, 2.05) is 4.90 Å². The van der Waals surface area contributed by atoms with Crippen molar-refractivity contribution in [2.75, 3.05) is 11.9 Å².